The van der Waals surface area contributed by atoms with Crippen LogP contribution < -0.4 is 0 Å². The summed E-state index contributed by atoms with van der Waals surface area (Å²) in [7, 11) is 0. The van der Waals surface area contributed by atoms with Crippen molar-refractivity contribution in [1.82, 2.24) is 14.9 Å². The summed E-state index contributed by atoms with van der Waals surface area (Å²) in [6, 6.07) is 9.63. The lowest BCUT2D eigenvalue weighted by Crippen LogP contribution is -2.43. The molecule has 0 aliphatic carbocycles. The number of rotatable bonds is 5. The molecule has 6 heteroatoms. The van der Waals surface area contributed by atoms with E-state index in [0.29, 0.717) is 18.7 Å². The summed E-state index contributed by atoms with van der Waals surface area (Å²) in [4.78, 5) is 23.7. The van der Waals surface area contributed by atoms with Crippen molar-refractivity contribution in [3.05, 3.63) is 59.7 Å². The molecule has 0 bridgehead atoms. The first-order valence-corrected chi connectivity index (χ1v) is 9.65. The first-order chi connectivity index (χ1) is 13.3. The Labute approximate surface area is 159 Å². The maximum absolute atomic E-state index is 13.1. The fourth-order valence-electron chi connectivity index (χ4n) is 3.89. The fourth-order valence-corrected chi connectivity index (χ4v) is 3.89. The van der Waals surface area contributed by atoms with Crippen molar-refractivity contribution < 1.29 is 14.3 Å². The predicted molar refractivity (Wildman–Crippen MR) is 100 cm³/mol. The summed E-state index contributed by atoms with van der Waals surface area (Å²) in [5, 5.41) is 0. The lowest BCUT2D eigenvalue weighted by atomic mass is 10.0. The Morgan fingerprint density at radius 1 is 1.26 bits per heavy atom. The van der Waals surface area contributed by atoms with Crippen LogP contribution in [0.25, 0.3) is 0 Å². The molecule has 3 atom stereocenters. The summed E-state index contributed by atoms with van der Waals surface area (Å²) in [6.07, 6.45) is 6.00. The van der Waals surface area contributed by atoms with Crippen LogP contribution in [-0.2, 0) is 22.5 Å². The van der Waals surface area contributed by atoms with Crippen LogP contribution in [-0.4, -0.2) is 52.2 Å². The lowest BCUT2D eigenvalue weighted by Gasteiger charge is -2.32. The van der Waals surface area contributed by atoms with E-state index >= 15 is 0 Å². The summed E-state index contributed by atoms with van der Waals surface area (Å²) < 4.78 is 12.1. The molecule has 0 saturated carbocycles. The minimum atomic E-state index is -0.135. The van der Waals surface area contributed by atoms with Gasteiger partial charge in [0, 0.05) is 24.7 Å². The highest BCUT2D eigenvalue weighted by atomic mass is 16.5. The number of hydrogen-bond donors (Lipinski definition) is 0. The number of aromatic nitrogens is 2. The Balaban J connectivity index is 1.48. The number of fused-ring (bicyclic) bond motifs is 1. The molecule has 2 aliphatic heterocycles. The van der Waals surface area contributed by atoms with Crippen molar-refractivity contribution in [2.75, 3.05) is 13.2 Å². The number of hydrogen-bond acceptors (Lipinski definition) is 5. The van der Waals surface area contributed by atoms with Crippen molar-refractivity contribution in [3.63, 3.8) is 0 Å². The summed E-state index contributed by atoms with van der Waals surface area (Å²) in [5.74, 6) is 0.00888. The number of aryl methyl sites for hydroxylation is 1. The van der Waals surface area contributed by atoms with E-state index in [9.17, 15) is 4.79 Å². The number of pyridine rings is 2. The molecule has 6 nitrogen and oxygen atoms in total. The first-order valence-electron chi connectivity index (χ1n) is 9.65. The van der Waals surface area contributed by atoms with Gasteiger partial charge in [-0.3, -0.25) is 14.8 Å². The van der Waals surface area contributed by atoms with Crippen LogP contribution in [0.5, 0.6) is 0 Å². The van der Waals surface area contributed by atoms with Gasteiger partial charge in [-0.05, 0) is 43.5 Å². The Morgan fingerprint density at radius 2 is 2.19 bits per heavy atom. The number of likely N-dealkylation sites (tertiary alicyclic amines) is 1. The zero-order valence-electron chi connectivity index (χ0n) is 15.6. The van der Waals surface area contributed by atoms with Gasteiger partial charge in [-0.1, -0.05) is 13.0 Å². The van der Waals surface area contributed by atoms with Crippen LogP contribution >= 0.6 is 0 Å². The third kappa shape index (κ3) is 3.87. The molecule has 0 radical (unpaired) electrons. The van der Waals surface area contributed by atoms with Crippen LogP contribution in [0.2, 0.25) is 0 Å². The molecular formula is C21H25N3O3. The average Bonchev–Trinajstić information content (AvgIpc) is 3.11. The minimum Gasteiger partial charge on any atom is -0.373 e. The third-order valence-electron chi connectivity index (χ3n) is 5.34. The molecule has 0 spiro atoms. The smallest absolute Gasteiger partial charge is 0.255 e. The van der Waals surface area contributed by atoms with Gasteiger partial charge in [0.1, 0.15) is 12.2 Å². The summed E-state index contributed by atoms with van der Waals surface area (Å²) >= 11 is 0. The lowest BCUT2D eigenvalue weighted by molar-refractivity contribution is -0.0814. The SMILES string of the molecule is CCc1ccc(C(=O)N2C[C@H](OCc3ccccn3)[C@H]3OCCC[C@H]32)cn1. The zero-order chi connectivity index (χ0) is 18.6. The molecule has 4 heterocycles. The van der Waals surface area contributed by atoms with E-state index < -0.39 is 0 Å². The molecule has 142 valence electrons. The Bertz CT molecular complexity index is 766. The number of ether oxygens (including phenoxy) is 2. The minimum absolute atomic E-state index is 0.00888. The van der Waals surface area contributed by atoms with Gasteiger partial charge in [-0.2, -0.15) is 0 Å². The molecule has 0 N–H and O–H groups in total. The van der Waals surface area contributed by atoms with Crippen LogP contribution in [0.1, 0.15) is 41.5 Å². The topological polar surface area (TPSA) is 64.6 Å². The van der Waals surface area contributed by atoms with Crippen LogP contribution in [0.15, 0.2) is 42.7 Å². The van der Waals surface area contributed by atoms with E-state index in [2.05, 4.69) is 16.9 Å². The highest BCUT2D eigenvalue weighted by molar-refractivity contribution is 5.94. The maximum atomic E-state index is 13.1. The third-order valence-corrected chi connectivity index (χ3v) is 5.34. The normalized spacial score (nSPS) is 24.6. The van der Waals surface area contributed by atoms with E-state index in [0.717, 1.165) is 37.3 Å². The second kappa shape index (κ2) is 8.15. The summed E-state index contributed by atoms with van der Waals surface area (Å²) in [5.41, 5.74) is 2.50. The van der Waals surface area contributed by atoms with Gasteiger partial charge in [0.15, 0.2) is 0 Å². The largest absolute Gasteiger partial charge is 0.373 e. The highest BCUT2D eigenvalue weighted by Crippen LogP contribution is 2.32. The first kappa shape index (κ1) is 18.1. The molecule has 0 aromatic carbocycles. The molecule has 27 heavy (non-hydrogen) atoms. The van der Waals surface area contributed by atoms with E-state index in [1.165, 1.54) is 0 Å². The van der Waals surface area contributed by atoms with E-state index in [4.69, 9.17) is 9.47 Å². The van der Waals surface area contributed by atoms with Crippen molar-refractivity contribution in [1.29, 1.82) is 0 Å². The Hall–Kier alpha value is -2.31. The van der Waals surface area contributed by atoms with Crippen LogP contribution in [0.3, 0.4) is 0 Å². The van der Waals surface area contributed by atoms with Crippen LogP contribution in [0.4, 0.5) is 0 Å². The molecule has 4 rings (SSSR count). The fraction of sp³-hybridized carbons (Fsp3) is 0.476. The maximum Gasteiger partial charge on any atom is 0.255 e. The van der Waals surface area contributed by atoms with E-state index in [1.54, 1.807) is 12.4 Å². The highest BCUT2D eigenvalue weighted by Gasteiger charge is 2.46. The van der Waals surface area contributed by atoms with Gasteiger partial charge in [-0.15, -0.1) is 0 Å². The summed E-state index contributed by atoms with van der Waals surface area (Å²) in [6.45, 7) is 3.74. The van der Waals surface area contributed by atoms with Crippen molar-refractivity contribution >= 4 is 5.91 Å². The second-order valence-corrected chi connectivity index (χ2v) is 7.06. The van der Waals surface area contributed by atoms with Crippen molar-refractivity contribution in [3.8, 4) is 0 Å². The van der Waals surface area contributed by atoms with E-state index in [-0.39, 0.29) is 24.2 Å². The van der Waals surface area contributed by atoms with E-state index in [1.807, 2.05) is 35.2 Å². The van der Waals surface area contributed by atoms with Gasteiger partial charge < -0.3 is 14.4 Å². The predicted octanol–water partition coefficient (Wildman–Crippen LogP) is 2.63. The van der Waals surface area contributed by atoms with Crippen molar-refractivity contribution in [2.45, 2.75) is 51.0 Å². The average molecular weight is 367 g/mol. The number of carbonyl (C=O) groups excluding carboxylic acids is 1. The Kier molecular flexibility index (Phi) is 5.45. The van der Waals surface area contributed by atoms with Gasteiger partial charge in [0.25, 0.3) is 5.91 Å². The Morgan fingerprint density at radius 3 is 2.93 bits per heavy atom. The second-order valence-electron chi connectivity index (χ2n) is 7.06. The molecule has 1 amide bonds. The molecule has 2 saturated heterocycles. The zero-order valence-corrected chi connectivity index (χ0v) is 15.6. The molecule has 2 aromatic heterocycles. The van der Waals surface area contributed by atoms with Crippen LogP contribution in [0, 0.1) is 0 Å². The van der Waals surface area contributed by atoms with Crippen molar-refractivity contribution in [2.24, 2.45) is 0 Å². The monoisotopic (exact) mass is 367 g/mol. The number of amides is 1. The molecule has 0 unspecified atom stereocenters. The molecule has 2 aliphatic rings. The number of carbonyl (C=O) groups is 1. The number of nitrogens with zero attached hydrogens (tertiary/aromatic N) is 3. The standard InChI is InChI=1S/C21H25N3O3/c1-2-16-9-8-15(12-23-16)21(25)24-13-19(20-18(24)7-5-11-26-20)27-14-17-6-3-4-10-22-17/h3-4,6,8-10,12,18-20H,2,5,7,11,13-14H2,1H3/t18-,19+,20+/m1/s1. The van der Waals surface area contributed by atoms with Gasteiger partial charge in [0.2, 0.25) is 0 Å². The van der Waals surface area contributed by atoms with Gasteiger partial charge in [0.05, 0.1) is 30.5 Å². The van der Waals surface area contributed by atoms with Gasteiger partial charge in [-0.25, -0.2) is 0 Å². The van der Waals surface area contributed by atoms with Gasteiger partial charge >= 0.3 is 0 Å². The molecular weight excluding hydrogens is 342 g/mol. The quantitative estimate of drug-likeness (QED) is 0.813. The molecule has 2 fully saturated rings. The molecule has 2 aromatic rings.